The molecule has 2 aliphatic heterocycles. The molecule has 4 nitrogen and oxygen atoms in total. The zero-order valence-corrected chi connectivity index (χ0v) is 10.6. The number of hydrogen-bond acceptors (Lipinski definition) is 4. The molecule has 0 radical (unpaired) electrons. The van der Waals surface area contributed by atoms with Crippen LogP contribution in [0.4, 0.5) is 19.0 Å². The molecule has 2 fully saturated rings. The maximum atomic E-state index is 12.4. The minimum Gasteiger partial charge on any atom is -0.354 e. The average Bonchev–Trinajstić information content (AvgIpc) is 2.85. The summed E-state index contributed by atoms with van der Waals surface area (Å²) in [6.07, 6.45) is -4.42. The summed E-state index contributed by atoms with van der Waals surface area (Å²) >= 11 is 0. The van der Waals surface area contributed by atoms with Gasteiger partial charge in [0.15, 0.2) is 11.5 Å². The molecule has 2 atom stereocenters. The van der Waals surface area contributed by atoms with Crippen LogP contribution in [0.25, 0.3) is 0 Å². The third-order valence-electron chi connectivity index (χ3n) is 3.93. The van der Waals surface area contributed by atoms with Crippen LogP contribution in [0, 0.1) is 11.8 Å². The van der Waals surface area contributed by atoms with Gasteiger partial charge < -0.3 is 9.80 Å². The van der Waals surface area contributed by atoms with Gasteiger partial charge in [-0.3, -0.25) is 0 Å². The highest BCUT2D eigenvalue weighted by Crippen LogP contribution is 2.33. The lowest BCUT2D eigenvalue weighted by atomic mass is 10.0. The largest absolute Gasteiger partial charge is 0.435 e. The Bertz CT molecular complexity index is 445. The van der Waals surface area contributed by atoms with Crippen molar-refractivity contribution in [1.82, 2.24) is 15.1 Å². The van der Waals surface area contributed by atoms with Crippen molar-refractivity contribution in [2.24, 2.45) is 11.8 Å². The lowest BCUT2D eigenvalue weighted by Crippen LogP contribution is -2.27. The van der Waals surface area contributed by atoms with Crippen LogP contribution in [0.1, 0.15) is 5.69 Å². The zero-order valence-electron chi connectivity index (χ0n) is 10.6. The van der Waals surface area contributed by atoms with Crippen molar-refractivity contribution in [1.29, 1.82) is 0 Å². The molecule has 2 aliphatic rings. The summed E-state index contributed by atoms with van der Waals surface area (Å²) in [5.41, 5.74) is -0.935. The minimum absolute atomic E-state index is 0.546. The molecule has 19 heavy (non-hydrogen) atoms. The van der Waals surface area contributed by atoms with Crippen molar-refractivity contribution in [2.75, 3.05) is 38.1 Å². The van der Waals surface area contributed by atoms with Crippen LogP contribution in [0.15, 0.2) is 12.1 Å². The first kappa shape index (κ1) is 12.7. The number of hydrogen-bond donors (Lipinski definition) is 0. The highest BCUT2D eigenvalue weighted by molar-refractivity contribution is 5.39. The third kappa shape index (κ3) is 2.39. The number of aromatic nitrogens is 2. The first-order valence-electron chi connectivity index (χ1n) is 6.28. The van der Waals surface area contributed by atoms with Gasteiger partial charge >= 0.3 is 6.18 Å². The molecule has 104 valence electrons. The number of halogens is 3. The van der Waals surface area contributed by atoms with Crippen LogP contribution < -0.4 is 4.90 Å². The van der Waals surface area contributed by atoms with Crippen molar-refractivity contribution in [3.05, 3.63) is 17.8 Å². The second kappa shape index (κ2) is 4.33. The fourth-order valence-electron chi connectivity index (χ4n) is 3.06. The highest BCUT2D eigenvalue weighted by atomic mass is 19.4. The van der Waals surface area contributed by atoms with Crippen molar-refractivity contribution < 1.29 is 13.2 Å². The zero-order chi connectivity index (χ0) is 13.6. The fourth-order valence-corrected chi connectivity index (χ4v) is 3.06. The van der Waals surface area contributed by atoms with E-state index in [0.717, 1.165) is 32.2 Å². The van der Waals surface area contributed by atoms with E-state index in [2.05, 4.69) is 22.1 Å². The van der Waals surface area contributed by atoms with Crippen molar-refractivity contribution in [2.45, 2.75) is 6.18 Å². The Morgan fingerprint density at radius 2 is 1.68 bits per heavy atom. The molecule has 1 aromatic heterocycles. The first-order valence-corrected chi connectivity index (χ1v) is 6.28. The maximum Gasteiger partial charge on any atom is 0.435 e. The molecule has 0 saturated carbocycles. The normalized spacial score (nSPS) is 27.9. The van der Waals surface area contributed by atoms with Gasteiger partial charge in [0.25, 0.3) is 0 Å². The van der Waals surface area contributed by atoms with E-state index in [0.29, 0.717) is 17.7 Å². The molecular weight excluding hydrogens is 257 g/mol. The smallest absolute Gasteiger partial charge is 0.354 e. The summed E-state index contributed by atoms with van der Waals surface area (Å²) in [5, 5.41) is 6.99. The number of nitrogens with zero attached hydrogens (tertiary/aromatic N) is 4. The predicted molar refractivity (Wildman–Crippen MR) is 63.7 cm³/mol. The van der Waals surface area contributed by atoms with E-state index in [4.69, 9.17) is 0 Å². The van der Waals surface area contributed by atoms with Crippen LogP contribution >= 0.6 is 0 Å². The summed E-state index contributed by atoms with van der Waals surface area (Å²) < 4.78 is 37.2. The van der Waals surface area contributed by atoms with E-state index in [9.17, 15) is 13.2 Å². The third-order valence-corrected chi connectivity index (χ3v) is 3.93. The Morgan fingerprint density at radius 1 is 1.05 bits per heavy atom. The molecule has 0 N–H and O–H groups in total. The van der Waals surface area contributed by atoms with E-state index >= 15 is 0 Å². The van der Waals surface area contributed by atoms with E-state index in [1.54, 1.807) is 0 Å². The first-order chi connectivity index (χ1) is 8.93. The van der Waals surface area contributed by atoms with Gasteiger partial charge in [0.1, 0.15) is 0 Å². The number of alkyl halides is 3. The second-order valence-corrected chi connectivity index (χ2v) is 5.42. The number of anilines is 1. The molecule has 0 aliphatic carbocycles. The van der Waals surface area contributed by atoms with Crippen LogP contribution in [0.3, 0.4) is 0 Å². The minimum atomic E-state index is -4.42. The van der Waals surface area contributed by atoms with Crippen LogP contribution in [0.2, 0.25) is 0 Å². The quantitative estimate of drug-likeness (QED) is 0.775. The van der Waals surface area contributed by atoms with Gasteiger partial charge in [0.2, 0.25) is 0 Å². The summed E-state index contributed by atoms with van der Waals surface area (Å²) in [7, 11) is 2.10. The second-order valence-electron chi connectivity index (χ2n) is 5.42. The maximum absolute atomic E-state index is 12.4. The van der Waals surface area contributed by atoms with Gasteiger partial charge in [-0.25, -0.2) is 0 Å². The average molecular weight is 272 g/mol. The monoisotopic (exact) mass is 272 g/mol. The molecule has 3 rings (SSSR count). The molecule has 3 heterocycles. The fraction of sp³-hybridized carbons (Fsp3) is 0.667. The molecular formula is C12H15F3N4. The Kier molecular flexibility index (Phi) is 2.88. The topological polar surface area (TPSA) is 32.3 Å². The SMILES string of the molecule is CN1CC2CN(c3ccc(C(F)(F)F)nn3)CC2C1. The van der Waals surface area contributed by atoms with Gasteiger partial charge in [-0.05, 0) is 31.0 Å². The molecule has 2 unspecified atom stereocenters. The van der Waals surface area contributed by atoms with Crippen molar-refractivity contribution in [3.63, 3.8) is 0 Å². The van der Waals surface area contributed by atoms with Gasteiger partial charge in [0, 0.05) is 26.2 Å². The van der Waals surface area contributed by atoms with Gasteiger partial charge in [-0.2, -0.15) is 13.2 Å². The summed E-state index contributed by atoms with van der Waals surface area (Å²) in [5.74, 6) is 1.73. The van der Waals surface area contributed by atoms with Crippen LogP contribution in [-0.4, -0.2) is 48.3 Å². The van der Waals surface area contributed by atoms with Crippen LogP contribution in [-0.2, 0) is 6.18 Å². The van der Waals surface area contributed by atoms with Crippen molar-refractivity contribution in [3.8, 4) is 0 Å². The predicted octanol–water partition coefficient (Wildman–Crippen LogP) is 1.49. The van der Waals surface area contributed by atoms with Gasteiger partial charge in [0.05, 0.1) is 0 Å². The lowest BCUT2D eigenvalue weighted by Gasteiger charge is -2.19. The van der Waals surface area contributed by atoms with E-state index in [1.807, 2.05) is 4.90 Å². The number of rotatable bonds is 1. The van der Waals surface area contributed by atoms with Gasteiger partial charge in [-0.15, -0.1) is 10.2 Å². The van der Waals surface area contributed by atoms with Crippen LogP contribution in [0.5, 0.6) is 0 Å². The standard InChI is InChI=1S/C12H15F3N4/c1-18-4-8-6-19(7-9(8)5-18)11-3-2-10(16-17-11)12(13,14)15/h2-3,8-9H,4-7H2,1H3. The van der Waals surface area contributed by atoms with Crippen molar-refractivity contribution >= 4 is 5.82 Å². The summed E-state index contributed by atoms with van der Waals surface area (Å²) in [4.78, 5) is 4.33. The summed E-state index contributed by atoms with van der Waals surface area (Å²) in [6.45, 7) is 3.81. The molecule has 0 spiro atoms. The Morgan fingerprint density at radius 3 is 2.16 bits per heavy atom. The number of fused-ring (bicyclic) bond motifs is 1. The number of likely N-dealkylation sites (tertiary alicyclic amines) is 1. The molecule has 2 saturated heterocycles. The molecule has 0 bridgehead atoms. The molecule has 0 amide bonds. The Balaban J connectivity index is 1.71. The molecule has 7 heteroatoms. The Labute approximate surface area is 109 Å². The highest BCUT2D eigenvalue weighted by Gasteiger charge is 2.39. The molecule has 0 aromatic carbocycles. The van der Waals surface area contributed by atoms with E-state index < -0.39 is 11.9 Å². The lowest BCUT2D eigenvalue weighted by molar-refractivity contribution is -0.141. The van der Waals surface area contributed by atoms with Gasteiger partial charge in [-0.1, -0.05) is 0 Å². The van der Waals surface area contributed by atoms with E-state index in [1.165, 1.54) is 6.07 Å². The molecule has 1 aromatic rings. The summed E-state index contributed by atoms with van der Waals surface area (Å²) in [6, 6.07) is 2.42. The van der Waals surface area contributed by atoms with E-state index in [-0.39, 0.29) is 0 Å². The Hall–Kier alpha value is -1.37.